The zero-order chi connectivity index (χ0) is 19.2. The molecule has 1 fully saturated rings. The number of benzene rings is 1. The lowest BCUT2D eigenvalue weighted by Gasteiger charge is -2.25. The van der Waals surface area contributed by atoms with E-state index < -0.39 is 12.0 Å². The van der Waals surface area contributed by atoms with Crippen LogP contribution in [-0.4, -0.2) is 48.9 Å². The molecule has 1 saturated heterocycles. The van der Waals surface area contributed by atoms with Crippen LogP contribution in [0.3, 0.4) is 0 Å². The number of nitrogens with zero attached hydrogens (tertiary/aromatic N) is 1. The summed E-state index contributed by atoms with van der Waals surface area (Å²) in [5.74, 6) is 1.87. The fourth-order valence-corrected chi connectivity index (χ4v) is 4.21. The second-order valence-electron chi connectivity index (χ2n) is 5.83. The number of thioether (sulfide) groups is 1. The van der Waals surface area contributed by atoms with E-state index in [1.54, 1.807) is 49.8 Å². The number of esters is 1. The van der Waals surface area contributed by atoms with Crippen LogP contribution in [0.25, 0.3) is 0 Å². The molecule has 2 aromatic rings. The molecule has 0 unspecified atom stereocenters. The summed E-state index contributed by atoms with van der Waals surface area (Å²) in [6.07, 6.45) is 1.55. The monoisotopic (exact) mass is 391 g/mol. The summed E-state index contributed by atoms with van der Waals surface area (Å²) in [4.78, 5) is 26.0. The fourth-order valence-electron chi connectivity index (χ4n) is 2.79. The Morgan fingerprint density at radius 2 is 1.93 bits per heavy atom. The third-order valence-corrected chi connectivity index (χ3v) is 5.36. The lowest BCUT2D eigenvalue weighted by molar-refractivity contribution is -0.154. The highest BCUT2D eigenvalue weighted by atomic mass is 32.2. The van der Waals surface area contributed by atoms with Crippen LogP contribution in [0, 0.1) is 0 Å². The van der Waals surface area contributed by atoms with E-state index in [1.165, 1.54) is 23.6 Å². The SMILES string of the molecule is COc1ccc(OCCOC(=O)[C@@H]2CS[C@@H](c3ccco3)N2C(C)=O)cc1. The average Bonchev–Trinajstić information content (AvgIpc) is 3.34. The molecule has 2 heterocycles. The molecule has 0 radical (unpaired) electrons. The van der Waals surface area contributed by atoms with Crippen LogP contribution in [0.4, 0.5) is 0 Å². The Balaban J connectivity index is 1.50. The predicted molar refractivity (Wildman–Crippen MR) is 99.7 cm³/mol. The van der Waals surface area contributed by atoms with Gasteiger partial charge in [-0.3, -0.25) is 4.79 Å². The molecule has 0 saturated carbocycles. The number of hydrogen-bond donors (Lipinski definition) is 0. The highest BCUT2D eigenvalue weighted by Gasteiger charge is 2.43. The first-order valence-corrected chi connectivity index (χ1v) is 9.52. The van der Waals surface area contributed by atoms with Crippen LogP contribution in [0.5, 0.6) is 11.5 Å². The van der Waals surface area contributed by atoms with Gasteiger partial charge in [0.1, 0.15) is 41.9 Å². The first-order chi connectivity index (χ1) is 13.1. The highest BCUT2D eigenvalue weighted by molar-refractivity contribution is 7.99. The lowest BCUT2D eigenvalue weighted by Crippen LogP contribution is -2.43. The van der Waals surface area contributed by atoms with Crippen LogP contribution in [0.2, 0.25) is 0 Å². The summed E-state index contributed by atoms with van der Waals surface area (Å²) >= 11 is 1.48. The summed E-state index contributed by atoms with van der Waals surface area (Å²) in [5.41, 5.74) is 0. The van der Waals surface area contributed by atoms with Crippen molar-refractivity contribution in [3.8, 4) is 11.5 Å². The van der Waals surface area contributed by atoms with E-state index in [9.17, 15) is 9.59 Å². The topological polar surface area (TPSA) is 78.2 Å². The molecule has 0 aliphatic carbocycles. The van der Waals surface area contributed by atoms with Crippen molar-refractivity contribution in [3.05, 3.63) is 48.4 Å². The Morgan fingerprint density at radius 3 is 2.56 bits per heavy atom. The maximum Gasteiger partial charge on any atom is 0.329 e. The quantitative estimate of drug-likeness (QED) is 0.530. The van der Waals surface area contributed by atoms with Gasteiger partial charge in [0.15, 0.2) is 0 Å². The molecule has 0 bridgehead atoms. The molecular weight excluding hydrogens is 370 g/mol. The molecule has 1 aromatic carbocycles. The summed E-state index contributed by atoms with van der Waals surface area (Å²) in [7, 11) is 1.59. The van der Waals surface area contributed by atoms with E-state index in [0.29, 0.717) is 17.3 Å². The van der Waals surface area contributed by atoms with E-state index in [-0.39, 0.29) is 24.5 Å². The Labute approximate surface area is 161 Å². The first-order valence-electron chi connectivity index (χ1n) is 8.47. The van der Waals surface area contributed by atoms with Gasteiger partial charge < -0.3 is 23.5 Å². The molecule has 1 aliphatic rings. The van der Waals surface area contributed by atoms with Gasteiger partial charge in [0.05, 0.1) is 13.4 Å². The molecule has 0 N–H and O–H groups in total. The number of ether oxygens (including phenoxy) is 3. The number of rotatable bonds is 7. The lowest BCUT2D eigenvalue weighted by atomic mass is 10.2. The number of hydrogen-bond acceptors (Lipinski definition) is 7. The molecule has 144 valence electrons. The molecule has 0 spiro atoms. The number of methoxy groups -OCH3 is 1. The second-order valence-corrected chi connectivity index (χ2v) is 6.95. The Bertz CT molecular complexity index is 761. The zero-order valence-corrected chi connectivity index (χ0v) is 15.9. The van der Waals surface area contributed by atoms with E-state index in [2.05, 4.69) is 0 Å². The van der Waals surface area contributed by atoms with Crippen LogP contribution in [0.15, 0.2) is 47.1 Å². The number of furan rings is 1. The first kappa shape index (κ1) is 19.2. The molecule has 27 heavy (non-hydrogen) atoms. The maximum absolute atomic E-state index is 12.4. The number of carbonyl (C=O) groups is 2. The maximum atomic E-state index is 12.4. The molecule has 1 amide bonds. The minimum absolute atomic E-state index is 0.100. The van der Waals surface area contributed by atoms with E-state index in [4.69, 9.17) is 18.6 Å². The predicted octanol–water partition coefficient (Wildman–Crippen LogP) is 2.87. The van der Waals surface area contributed by atoms with Gasteiger partial charge in [0.25, 0.3) is 0 Å². The molecule has 7 nitrogen and oxygen atoms in total. The van der Waals surface area contributed by atoms with Crippen LogP contribution in [-0.2, 0) is 14.3 Å². The van der Waals surface area contributed by atoms with Crippen molar-refractivity contribution >= 4 is 23.6 Å². The van der Waals surface area contributed by atoms with Gasteiger partial charge in [-0.15, -0.1) is 11.8 Å². The number of amides is 1. The highest BCUT2D eigenvalue weighted by Crippen LogP contribution is 2.41. The molecular formula is C19H21NO6S. The van der Waals surface area contributed by atoms with E-state index in [0.717, 1.165) is 5.75 Å². The fraction of sp³-hybridized carbons (Fsp3) is 0.368. The standard InChI is InChI=1S/C19H21NO6S/c1-13(21)20-16(12-27-18(20)17-4-3-9-25-17)19(22)26-11-10-24-15-7-5-14(23-2)6-8-15/h3-9,16,18H,10-12H2,1-2H3/t16-,18-/m0/s1. The molecule has 2 atom stereocenters. The summed E-state index contributed by atoms with van der Waals surface area (Å²) in [6, 6.07) is 10.1. The summed E-state index contributed by atoms with van der Waals surface area (Å²) < 4.78 is 21.3. The van der Waals surface area contributed by atoms with Crippen molar-refractivity contribution < 1.29 is 28.2 Å². The molecule has 3 rings (SSSR count). The minimum Gasteiger partial charge on any atom is -0.497 e. The summed E-state index contributed by atoms with van der Waals surface area (Å²) in [5, 5.41) is -0.314. The Morgan fingerprint density at radius 1 is 1.19 bits per heavy atom. The number of carbonyl (C=O) groups excluding carboxylic acids is 2. The Kier molecular flexibility index (Phi) is 6.28. The van der Waals surface area contributed by atoms with Crippen LogP contribution >= 0.6 is 11.8 Å². The largest absolute Gasteiger partial charge is 0.497 e. The Hall–Kier alpha value is -2.61. The van der Waals surface area contributed by atoms with Gasteiger partial charge in [-0.2, -0.15) is 0 Å². The van der Waals surface area contributed by atoms with Gasteiger partial charge in [0, 0.05) is 12.7 Å². The smallest absolute Gasteiger partial charge is 0.329 e. The van der Waals surface area contributed by atoms with Gasteiger partial charge in [-0.1, -0.05) is 0 Å². The third kappa shape index (κ3) is 4.57. The van der Waals surface area contributed by atoms with E-state index >= 15 is 0 Å². The molecule has 1 aromatic heterocycles. The van der Waals surface area contributed by atoms with Crippen molar-refractivity contribution in [1.29, 1.82) is 0 Å². The average molecular weight is 391 g/mol. The zero-order valence-electron chi connectivity index (χ0n) is 15.1. The minimum atomic E-state index is -0.636. The van der Waals surface area contributed by atoms with Crippen molar-refractivity contribution in [2.45, 2.75) is 18.3 Å². The normalized spacial score (nSPS) is 19.0. The van der Waals surface area contributed by atoms with Crippen LogP contribution < -0.4 is 9.47 Å². The van der Waals surface area contributed by atoms with E-state index in [1.807, 2.05) is 0 Å². The van der Waals surface area contributed by atoms with Crippen LogP contribution in [0.1, 0.15) is 18.1 Å². The van der Waals surface area contributed by atoms with Crippen molar-refractivity contribution in [2.24, 2.45) is 0 Å². The second kappa shape index (κ2) is 8.85. The van der Waals surface area contributed by atoms with Crippen molar-refractivity contribution in [2.75, 3.05) is 26.1 Å². The van der Waals surface area contributed by atoms with Gasteiger partial charge >= 0.3 is 5.97 Å². The molecule has 8 heteroatoms. The summed E-state index contributed by atoms with van der Waals surface area (Å²) in [6.45, 7) is 1.76. The van der Waals surface area contributed by atoms with Gasteiger partial charge in [-0.25, -0.2) is 4.79 Å². The van der Waals surface area contributed by atoms with Crippen molar-refractivity contribution in [3.63, 3.8) is 0 Å². The van der Waals surface area contributed by atoms with Crippen molar-refractivity contribution in [1.82, 2.24) is 4.90 Å². The van der Waals surface area contributed by atoms with Gasteiger partial charge in [-0.05, 0) is 36.4 Å². The van der Waals surface area contributed by atoms with Gasteiger partial charge in [0.2, 0.25) is 5.91 Å². The third-order valence-electron chi connectivity index (χ3n) is 4.08. The molecule has 1 aliphatic heterocycles.